The van der Waals surface area contributed by atoms with Crippen LogP contribution in [0.5, 0.6) is 5.75 Å². The van der Waals surface area contributed by atoms with Gasteiger partial charge in [0.2, 0.25) is 0 Å². The van der Waals surface area contributed by atoms with Crippen LogP contribution in [-0.4, -0.2) is 46.8 Å². The number of carboxylic acids is 1. The maximum Gasteiger partial charge on any atom is 0.322 e. The van der Waals surface area contributed by atoms with Crippen molar-refractivity contribution in [1.82, 2.24) is 10.2 Å². The first-order chi connectivity index (χ1) is 8.58. The van der Waals surface area contributed by atoms with E-state index in [2.05, 4.69) is 5.32 Å². The molecule has 6 heteroatoms. The van der Waals surface area contributed by atoms with Crippen LogP contribution in [0.3, 0.4) is 0 Å². The summed E-state index contributed by atoms with van der Waals surface area (Å²) in [5.41, 5.74) is 0.651. The van der Waals surface area contributed by atoms with Crippen molar-refractivity contribution >= 4 is 5.97 Å². The maximum absolute atomic E-state index is 13.2. The molecule has 1 heterocycles. The largest absolute Gasteiger partial charge is 0.505 e. The lowest BCUT2D eigenvalue weighted by molar-refractivity contribution is -0.144. The zero-order chi connectivity index (χ0) is 13.1. The third-order valence-corrected chi connectivity index (χ3v) is 3.04. The SMILES string of the molecule is O=C(O)C1CNCCN1Cc1ccc(O)c(F)c1. The first-order valence-electron chi connectivity index (χ1n) is 5.73. The van der Waals surface area contributed by atoms with Crippen molar-refractivity contribution in [2.24, 2.45) is 0 Å². The van der Waals surface area contributed by atoms with Crippen molar-refractivity contribution in [3.8, 4) is 5.75 Å². The number of halogens is 1. The second kappa shape index (κ2) is 5.32. The summed E-state index contributed by atoms with van der Waals surface area (Å²) in [4.78, 5) is 12.9. The summed E-state index contributed by atoms with van der Waals surface area (Å²) in [6.45, 7) is 2.05. The maximum atomic E-state index is 13.2. The minimum Gasteiger partial charge on any atom is -0.505 e. The number of benzene rings is 1. The van der Waals surface area contributed by atoms with Gasteiger partial charge in [-0.15, -0.1) is 0 Å². The molecule has 1 fully saturated rings. The number of carbonyl (C=O) groups is 1. The van der Waals surface area contributed by atoms with Crippen LogP contribution in [0.1, 0.15) is 5.56 Å². The molecule has 98 valence electrons. The number of phenolic OH excluding ortho intramolecular Hbond substituents is 1. The number of aliphatic carboxylic acids is 1. The Bertz CT molecular complexity index is 453. The molecule has 1 aliphatic heterocycles. The second-order valence-electron chi connectivity index (χ2n) is 4.31. The highest BCUT2D eigenvalue weighted by molar-refractivity contribution is 5.74. The van der Waals surface area contributed by atoms with Crippen LogP contribution < -0.4 is 5.32 Å². The van der Waals surface area contributed by atoms with E-state index in [-0.39, 0.29) is 0 Å². The Morgan fingerprint density at radius 3 is 3.00 bits per heavy atom. The van der Waals surface area contributed by atoms with Crippen molar-refractivity contribution in [2.75, 3.05) is 19.6 Å². The minimum absolute atomic E-state index is 0.357. The van der Waals surface area contributed by atoms with Gasteiger partial charge in [-0.2, -0.15) is 0 Å². The zero-order valence-corrected chi connectivity index (χ0v) is 9.77. The average Bonchev–Trinajstić information content (AvgIpc) is 2.34. The number of phenols is 1. The Labute approximate surface area is 104 Å². The van der Waals surface area contributed by atoms with Gasteiger partial charge in [0.05, 0.1) is 0 Å². The van der Waals surface area contributed by atoms with Crippen LogP contribution >= 0.6 is 0 Å². The predicted octanol–water partition coefficient (Wildman–Crippen LogP) is 0.390. The smallest absolute Gasteiger partial charge is 0.322 e. The molecular formula is C12H15FN2O3. The molecule has 1 aromatic rings. The molecule has 0 spiro atoms. The summed E-state index contributed by atoms with van der Waals surface area (Å²) in [7, 11) is 0. The van der Waals surface area contributed by atoms with Gasteiger partial charge in [-0.3, -0.25) is 9.69 Å². The van der Waals surface area contributed by atoms with Crippen LogP contribution in [0.4, 0.5) is 4.39 Å². The van der Waals surface area contributed by atoms with Crippen LogP contribution in [0.25, 0.3) is 0 Å². The summed E-state index contributed by atoms with van der Waals surface area (Å²) < 4.78 is 13.2. The van der Waals surface area contributed by atoms with Gasteiger partial charge in [0.25, 0.3) is 0 Å². The van der Waals surface area contributed by atoms with E-state index in [0.717, 1.165) is 0 Å². The molecule has 3 N–H and O–H groups in total. The van der Waals surface area contributed by atoms with Crippen molar-refractivity contribution in [2.45, 2.75) is 12.6 Å². The number of hydrogen-bond donors (Lipinski definition) is 3. The molecule has 1 saturated heterocycles. The van der Waals surface area contributed by atoms with Gasteiger partial charge in [-0.25, -0.2) is 4.39 Å². The van der Waals surface area contributed by atoms with Gasteiger partial charge in [0, 0.05) is 26.2 Å². The van der Waals surface area contributed by atoms with E-state index in [4.69, 9.17) is 10.2 Å². The average molecular weight is 254 g/mol. The standard InChI is InChI=1S/C12H15FN2O3/c13-9-5-8(1-2-11(9)16)7-15-4-3-14-6-10(15)12(17)18/h1-2,5,10,14,16H,3-4,6-7H2,(H,17,18). The molecule has 1 unspecified atom stereocenters. The fraction of sp³-hybridized carbons (Fsp3) is 0.417. The molecule has 1 atom stereocenters. The Morgan fingerprint density at radius 2 is 2.33 bits per heavy atom. The number of piperazine rings is 1. The van der Waals surface area contributed by atoms with Crippen molar-refractivity contribution in [3.63, 3.8) is 0 Å². The van der Waals surface area contributed by atoms with Crippen LogP contribution in [0.15, 0.2) is 18.2 Å². The lowest BCUT2D eigenvalue weighted by Crippen LogP contribution is -2.54. The van der Waals surface area contributed by atoms with Gasteiger partial charge in [0.1, 0.15) is 6.04 Å². The van der Waals surface area contributed by atoms with Gasteiger partial charge < -0.3 is 15.5 Å². The molecule has 1 aromatic carbocycles. The molecule has 0 bridgehead atoms. The molecule has 0 saturated carbocycles. The summed E-state index contributed by atoms with van der Waals surface area (Å²) in [6, 6.07) is 3.51. The number of nitrogens with one attached hydrogen (secondary N) is 1. The highest BCUT2D eigenvalue weighted by Gasteiger charge is 2.28. The van der Waals surface area contributed by atoms with E-state index in [1.807, 2.05) is 0 Å². The third-order valence-electron chi connectivity index (χ3n) is 3.04. The summed E-state index contributed by atoms with van der Waals surface area (Å²) in [6.07, 6.45) is 0. The lowest BCUT2D eigenvalue weighted by atomic mass is 10.1. The Hall–Kier alpha value is -1.66. The molecule has 0 amide bonds. The van der Waals surface area contributed by atoms with E-state index >= 15 is 0 Å². The molecule has 5 nitrogen and oxygen atoms in total. The Kier molecular flexibility index (Phi) is 3.78. The minimum atomic E-state index is -0.888. The topological polar surface area (TPSA) is 72.8 Å². The molecule has 0 aromatic heterocycles. The third kappa shape index (κ3) is 2.77. The number of nitrogens with zero attached hydrogens (tertiary/aromatic N) is 1. The quantitative estimate of drug-likeness (QED) is 0.727. The van der Waals surface area contributed by atoms with E-state index in [1.165, 1.54) is 12.1 Å². The zero-order valence-electron chi connectivity index (χ0n) is 9.77. The Morgan fingerprint density at radius 1 is 1.56 bits per heavy atom. The Balaban J connectivity index is 2.10. The van der Waals surface area contributed by atoms with Crippen molar-refractivity contribution in [3.05, 3.63) is 29.6 Å². The molecule has 1 aliphatic rings. The number of rotatable bonds is 3. The van der Waals surface area contributed by atoms with Gasteiger partial charge in [-0.1, -0.05) is 6.07 Å². The lowest BCUT2D eigenvalue weighted by Gasteiger charge is -2.33. The first kappa shape index (κ1) is 12.8. The van der Waals surface area contributed by atoms with E-state index in [1.54, 1.807) is 11.0 Å². The van der Waals surface area contributed by atoms with Crippen molar-refractivity contribution in [1.29, 1.82) is 0 Å². The fourth-order valence-electron chi connectivity index (χ4n) is 2.06. The summed E-state index contributed by atoms with van der Waals surface area (Å²) >= 11 is 0. The molecule has 2 rings (SSSR count). The summed E-state index contributed by atoms with van der Waals surface area (Å²) in [5, 5.41) is 21.2. The molecular weight excluding hydrogens is 239 g/mol. The fourth-order valence-corrected chi connectivity index (χ4v) is 2.06. The van der Waals surface area contributed by atoms with Crippen LogP contribution in [0, 0.1) is 5.82 Å². The predicted molar refractivity (Wildman–Crippen MR) is 62.8 cm³/mol. The normalized spacial score (nSPS) is 20.8. The molecule has 0 aliphatic carbocycles. The highest BCUT2D eigenvalue weighted by Crippen LogP contribution is 2.18. The van der Waals surface area contributed by atoms with Gasteiger partial charge in [-0.05, 0) is 17.7 Å². The summed E-state index contributed by atoms with van der Waals surface area (Å²) in [5.74, 6) is -1.97. The highest BCUT2D eigenvalue weighted by atomic mass is 19.1. The van der Waals surface area contributed by atoms with E-state index < -0.39 is 23.6 Å². The van der Waals surface area contributed by atoms with Gasteiger partial charge >= 0.3 is 5.97 Å². The van der Waals surface area contributed by atoms with E-state index in [9.17, 15) is 9.18 Å². The molecule has 0 radical (unpaired) electrons. The number of aromatic hydroxyl groups is 1. The second-order valence-corrected chi connectivity index (χ2v) is 4.31. The van der Waals surface area contributed by atoms with Crippen molar-refractivity contribution < 1.29 is 19.4 Å². The number of hydrogen-bond acceptors (Lipinski definition) is 4. The van der Waals surface area contributed by atoms with Gasteiger partial charge in [0.15, 0.2) is 11.6 Å². The van der Waals surface area contributed by atoms with E-state index in [0.29, 0.717) is 31.7 Å². The monoisotopic (exact) mass is 254 g/mol. The van der Waals surface area contributed by atoms with Crippen LogP contribution in [-0.2, 0) is 11.3 Å². The molecule has 18 heavy (non-hydrogen) atoms. The number of carboxylic acid groups (broad SMARTS) is 1. The first-order valence-corrected chi connectivity index (χ1v) is 5.73. The van der Waals surface area contributed by atoms with Crippen LogP contribution in [0.2, 0.25) is 0 Å².